The van der Waals surface area contributed by atoms with Gasteiger partial charge in [0.25, 0.3) is 5.69 Å². The van der Waals surface area contributed by atoms with Crippen LogP contribution >= 0.6 is 0 Å². The minimum atomic E-state index is 0.814. The van der Waals surface area contributed by atoms with Gasteiger partial charge in [0, 0.05) is 17.7 Å². The summed E-state index contributed by atoms with van der Waals surface area (Å²) in [6, 6.07) is 41.4. The number of para-hydroxylation sites is 1. The number of hydrogen-bond acceptors (Lipinski definition) is 1. The highest BCUT2D eigenvalue weighted by molar-refractivity contribution is 5.76. The van der Waals surface area contributed by atoms with E-state index in [1.807, 2.05) is 48.5 Å². The maximum atomic E-state index is 6.59. The Morgan fingerprint density at radius 1 is 0.448 bits per heavy atom. The van der Waals surface area contributed by atoms with E-state index in [4.69, 9.17) is 4.42 Å². The van der Waals surface area contributed by atoms with Gasteiger partial charge in [0.05, 0.1) is 11.1 Å². The van der Waals surface area contributed by atoms with Crippen molar-refractivity contribution in [3.05, 3.63) is 121 Å². The Labute approximate surface area is 170 Å². The highest BCUT2D eigenvalue weighted by Gasteiger charge is 2.33. The zero-order chi connectivity index (χ0) is 19.5. The summed E-state index contributed by atoms with van der Waals surface area (Å²) in [4.78, 5) is 0. The van der Waals surface area contributed by atoms with Gasteiger partial charge < -0.3 is 4.42 Å². The van der Waals surface area contributed by atoms with Crippen LogP contribution in [0, 0.1) is 0 Å². The van der Waals surface area contributed by atoms with Crippen molar-refractivity contribution < 1.29 is 8.98 Å². The SMILES string of the molecule is c1ccc(-c2oc(-c3ccccc3)[n+](-c3ccccc3)c2-c2ccccc2)cc1. The van der Waals surface area contributed by atoms with Gasteiger partial charge in [-0.25, -0.2) is 0 Å². The van der Waals surface area contributed by atoms with Crippen molar-refractivity contribution in [2.75, 3.05) is 0 Å². The molecule has 0 bridgehead atoms. The fourth-order valence-electron chi connectivity index (χ4n) is 3.63. The average Bonchev–Trinajstić information content (AvgIpc) is 3.22. The van der Waals surface area contributed by atoms with Gasteiger partial charge in [-0.2, -0.15) is 0 Å². The van der Waals surface area contributed by atoms with E-state index in [1.165, 1.54) is 0 Å². The minimum Gasteiger partial charge on any atom is -0.396 e. The third-order valence-corrected chi connectivity index (χ3v) is 4.96. The van der Waals surface area contributed by atoms with Gasteiger partial charge in [-0.15, -0.1) is 4.57 Å². The summed E-state index contributed by atoms with van der Waals surface area (Å²) < 4.78 is 8.81. The molecule has 4 aromatic carbocycles. The van der Waals surface area contributed by atoms with E-state index in [2.05, 4.69) is 77.4 Å². The number of oxazole rings is 1. The topological polar surface area (TPSA) is 17.0 Å². The molecular weight excluding hydrogens is 354 g/mol. The van der Waals surface area contributed by atoms with E-state index < -0.39 is 0 Å². The van der Waals surface area contributed by atoms with Crippen LogP contribution < -0.4 is 4.57 Å². The van der Waals surface area contributed by atoms with Gasteiger partial charge >= 0.3 is 5.89 Å². The average molecular weight is 374 g/mol. The molecule has 0 atom stereocenters. The molecule has 0 aliphatic rings. The van der Waals surface area contributed by atoms with Crippen LogP contribution in [-0.4, -0.2) is 0 Å². The van der Waals surface area contributed by atoms with Crippen molar-refractivity contribution in [1.29, 1.82) is 0 Å². The first-order chi connectivity index (χ1) is 14.4. The number of benzene rings is 4. The van der Waals surface area contributed by atoms with Crippen molar-refractivity contribution >= 4 is 0 Å². The van der Waals surface area contributed by atoms with Gasteiger partial charge in [0.1, 0.15) is 0 Å². The van der Waals surface area contributed by atoms with E-state index >= 15 is 0 Å². The molecule has 0 fully saturated rings. The van der Waals surface area contributed by atoms with Gasteiger partial charge in [-0.3, -0.25) is 0 Å². The molecule has 2 nitrogen and oxygen atoms in total. The van der Waals surface area contributed by atoms with E-state index in [-0.39, 0.29) is 0 Å². The maximum Gasteiger partial charge on any atom is 0.387 e. The molecule has 0 saturated heterocycles. The molecule has 2 heteroatoms. The van der Waals surface area contributed by atoms with Crippen molar-refractivity contribution in [3.63, 3.8) is 0 Å². The molecule has 5 aromatic rings. The smallest absolute Gasteiger partial charge is 0.387 e. The van der Waals surface area contributed by atoms with E-state index in [0.717, 1.165) is 39.7 Å². The second kappa shape index (κ2) is 7.61. The number of hydrogen-bond donors (Lipinski definition) is 0. The lowest BCUT2D eigenvalue weighted by atomic mass is 10.1. The van der Waals surface area contributed by atoms with Crippen LogP contribution in [0.3, 0.4) is 0 Å². The van der Waals surface area contributed by atoms with Crippen LogP contribution in [0.25, 0.3) is 39.7 Å². The van der Waals surface area contributed by atoms with E-state index in [0.29, 0.717) is 0 Å². The Morgan fingerprint density at radius 3 is 1.45 bits per heavy atom. The third kappa shape index (κ3) is 3.26. The fraction of sp³-hybridized carbons (Fsp3) is 0. The van der Waals surface area contributed by atoms with Gasteiger partial charge in [-0.1, -0.05) is 84.9 Å². The predicted octanol–water partition coefficient (Wildman–Crippen LogP) is 6.56. The second-order valence-electron chi connectivity index (χ2n) is 6.85. The highest BCUT2D eigenvalue weighted by Crippen LogP contribution is 2.35. The van der Waals surface area contributed by atoms with Crippen LogP contribution in [0.15, 0.2) is 126 Å². The molecule has 0 spiro atoms. The highest BCUT2D eigenvalue weighted by atomic mass is 16.4. The Balaban J connectivity index is 1.89. The van der Waals surface area contributed by atoms with Gasteiger partial charge in [-0.05, 0) is 24.3 Å². The second-order valence-corrected chi connectivity index (χ2v) is 6.85. The summed E-state index contributed by atoms with van der Waals surface area (Å²) in [6.07, 6.45) is 0. The van der Waals surface area contributed by atoms with Gasteiger partial charge in [0.2, 0.25) is 11.4 Å². The molecule has 0 unspecified atom stereocenters. The number of aromatic nitrogens is 1. The van der Waals surface area contributed by atoms with Crippen molar-refractivity contribution in [2.24, 2.45) is 0 Å². The zero-order valence-electron chi connectivity index (χ0n) is 15.9. The van der Waals surface area contributed by atoms with Crippen molar-refractivity contribution in [2.45, 2.75) is 0 Å². The molecule has 29 heavy (non-hydrogen) atoms. The summed E-state index contributed by atoms with van der Waals surface area (Å²) in [7, 11) is 0. The van der Waals surface area contributed by atoms with Gasteiger partial charge in [0.15, 0.2) is 0 Å². The molecule has 0 N–H and O–H groups in total. The molecule has 138 valence electrons. The third-order valence-electron chi connectivity index (χ3n) is 4.96. The predicted molar refractivity (Wildman–Crippen MR) is 117 cm³/mol. The Kier molecular flexibility index (Phi) is 4.51. The lowest BCUT2D eigenvalue weighted by Gasteiger charge is -2.02. The standard InChI is InChI=1S/C27H20NO/c1-5-13-21(14-6-1)25-26(22-15-7-2-8-16-22)29-27(23-17-9-3-10-18-23)28(25)24-19-11-4-12-20-24/h1-20H/q+1. The van der Waals surface area contributed by atoms with Crippen LogP contribution in [0.2, 0.25) is 0 Å². The summed E-state index contributed by atoms with van der Waals surface area (Å²) in [5.41, 5.74) is 5.31. The van der Waals surface area contributed by atoms with E-state index in [9.17, 15) is 0 Å². The summed E-state index contributed by atoms with van der Waals surface area (Å²) in [5.74, 6) is 1.68. The Morgan fingerprint density at radius 2 is 0.897 bits per heavy atom. The molecule has 1 heterocycles. The minimum absolute atomic E-state index is 0.814. The molecular formula is C27H20NO+. The van der Waals surface area contributed by atoms with Crippen LogP contribution in [0.1, 0.15) is 0 Å². The molecule has 0 aliphatic carbocycles. The Hall–Kier alpha value is -3.91. The molecule has 5 rings (SSSR count). The van der Waals surface area contributed by atoms with Crippen molar-refractivity contribution in [1.82, 2.24) is 0 Å². The molecule has 0 saturated carbocycles. The fourth-order valence-corrected chi connectivity index (χ4v) is 3.63. The quantitative estimate of drug-likeness (QED) is 0.326. The van der Waals surface area contributed by atoms with Crippen LogP contribution in [0.4, 0.5) is 0 Å². The zero-order valence-corrected chi connectivity index (χ0v) is 15.9. The monoisotopic (exact) mass is 374 g/mol. The first-order valence-corrected chi connectivity index (χ1v) is 9.72. The normalized spacial score (nSPS) is 10.8. The maximum absolute atomic E-state index is 6.59. The molecule has 0 aliphatic heterocycles. The lowest BCUT2D eigenvalue weighted by Crippen LogP contribution is -2.33. The Bertz CT molecular complexity index is 1110. The first-order valence-electron chi connectivity index (χ1n) is 9.72. The van der Waals surface area contributed by atoms with Crippen molar-refractivity contribution in [3.8, 4) is 39.7 Å². The van der Waals surface area contributed by atoms with Crippen LogP contribution in [0.5, 0.6) is 0 Å². The number of nitrogens with zero attached hydrogens (tertiary/aromatic N) is 1. The lowest BCUT2D eigenvalue weighted by molar-refractivity contribution is -0.575. The first kappa shape index (κ1) is 17.2. The summed E-state index contributed by atoms with van der Waals surface area (Å²) in [5, 5.41) is 0. The summed E-state index contributed by atoms with van der Waals surface area (Å²) in [6.45, 7) is 0. The molecule has 0 radical (unpaired) electrons. The largest absolute Gasteiger partial charge is 0.396 e. The summed E-state index contributed by atoms with van der Waals surface area (Å²) >= 11 is 0. The van der Waals surface area contributed by atoms with E-state index in [1.54, 1.807) is 0 Å². The number of rotatable bonds is 4. The van der Waals surface area contributed by atoms with Crippen LogP contribution in [-0.2, 0) is 0 Å². The molecule has 0 amide bonds. The molecule has 1 aromatic heterocycles.